The Kier molecular flexibility index (Phi) is 3.97. The van der Waals surface area contributed by atoms with Gasteiger partial charge in [0, 0.05) is 6.54 Å². The Bertz CT molecular complexity index is 629. The maximum absolute atomic E-state index is 12.8. The van der Waals surface area contributed by atoms with Gasteiger partial charge in [0.1, 0.15) is 5.75 Å². The maximum Gasteiger partial charge on any atom is 0.471 e. The Hall–Kier alpha value is -1.63. The van der Waals surface area contributed by atoms with Crippen molar-refractivity contribution in [3.63, 3.8) is 0 Å². The highest BCUT2D eigenvalue weighted by atomic mass is 35.5. The van der Waals surface area contributed by atoms with E-state index in [4.69, 9.17) is 22.1 Å². The number of nitrogens with zero attached hydrogens (tertiary/aromatic N) is 1. The van der Waals surface area contributed by atoms with E-state index in [1.54, 1.807) is 19.9 Å². The van der Waals surface area contributed by atoms with Gasteiger partial charge in [-0.1, -0.05) is 11.6 Å². The first-order chi connectivity index (χ1) is 10.0. The minimum absolute atomic E-state index is 0.0795. The van der Waals surface area contributed by atoms with E-state index in [0.29, 0.717) is 11.1 Å². The quantitative estimate of drug-likeness (QED) is 0.802. The molecule has 0 saturated heterocycles. The molecule has 0 atom stereocenters. The number of alkyl halides is 3. The predicted octanol–water partition coefficient (Wildman–Crippen LogP) is 3.11. The molecule has 1 aromatic carbocycles. The molecule has 1 aromatic rings. The highest BCUT2D eigenvalue weighted by Gasteiger charge is 2.49. The molecule has 1 aliphatic rings. The summed E-state index contributed by atoms with van der Waals surface area (Å²) in [5.41, 5.74) is 6.08. The van der Waals surface area contributed by atoms with Crippen molar-refractivity contribution in [2.24, 2.45) is 0 Å². The van der Waals surface area contributed by atoms with Crippen LogP contribution in [0.4, 0.5) is 18.9 Å². The number of carbonyl (C=O) groups is 1. The summed E-state index contributed by atoms with van der Waals surface area (Å²) in [5, 5.41) is 0.265. The largest absolute Gasteiger partial charge is 0.495 e. The third-order valence-corrected chi connectivity index (χ3v) is 4.43. The number of nitrogen functional groups attached to an aromatic ring is 1. The zero-order valence-corrected chi connectivity index (χ0v) is 13.1. The number of amides is 1. The Labute approximate surface area is 131 Å². The molecular formula is C14H16ClF3N2O2. The Morgan fingerprint density at radius 2 is 2.05 bits per heavy atom. The number of hydrogen-bond donors (Lipinski definition) is 1. The summed E-state index contributed by atoms with van der Waals surface area (Å²) < 4.78 is 43.5. The van der Waals surface area contributed by atoms with Gasteiger partial charge in [-0.15, -0.1) is 0 Å². The van der Waals surface area contributed by atoms with E-state index in [-0.39, 0.29) is 29.4 Å². The van der Waals surface area contributed by atoms with Gasteiger partial charge < -0.3 is 15.4 Å². The van der Waals surface area contributed by atoms with E-state index in [9.17, 15) is 18.0 Å². The molecule has 0 saturated carbocycles. The van der Waals surface area contributed by atoms with Crippen LogP contribution in [0.3, 0.4) is 0 Å². The van der Waals surface area contributed by atoms with Crippen LogP contribution >= 0.6 is 11.6 Å². The van der Waals surface area contributed by atoms with E-state index in [2.05, 4.69) is 0 Å². The van der Waals surface area contributed by atoms with Crippen LogP contribution in [0.25, 0.3) is 0 Å². The van der Waals surface area contributed by atoms with Crippen molar-refractivity contribution in [3.8, 4) is 5.75 Å². The zero-order chi connectivity index (χ0) is 16.9. The van der Waals surface area contributed by atoms with Gasteiger partial charge in [-0.05, 0) is 37.5 Å². The number of hydrogen-bond acceptors (Lipinski definition) is 3. The summed E-state index contributed by atoms with van der Waals surface area (Å²) >= 11 is 6.21. The van der Waals surface area contributed by atoms with E-state index in [1.807, 2.05) is 0 Å². The lowest BCUT2D eigenvalue weighted by molar-refractivity contribution is -0.191. The van der Waals surface area contributed by atoms with E-state index >= 15 is 0 Å². The molecular weight excluding hydrogens is 321 g/mol. The van der Waals surface area contributed by atoms with E-state index < -0.39 is 17.6 Å². The SMILES string of the molecule is COc1cc2c(c(Cl)c1N)CCN(C(=O)C(F)(F)F)C2(C)C. The second-order valence-electron chi connectivity index (χ2n) is 5.60. The molecule has 0 unspecified atom stereocenters. The lowest BCUT2D eigenvalue weighted by atomic mass is 9.82. The fourth-order valence-electron chi connectivity index (χ4n) is 2.80. The second kappa shape index (κ2) is 5.22. The molecule has 0 aromatic heterocycles. The van der Waals surface area contributed by atoms with E-state index in [0.717, 1.165) is 4.90 Å². The van der Waals surface area contributed by atoms with Crippen LogP contribution in [0.1, 0.15) is 25.0 Å². The standard InChI is InChI=1S/C14H16ClF3N2O2/c1-13(2)8-6-9(22-3)11(19)10(15)7(8)4-5-20(13)12(21)14(16,17)18/h6H,4-5,19H2,1-3H3. The molecule has 122 valence electrons. The smallest absolute Gasteiger partial charge is 0.471 e. The van der Waals surface area contributed by atoms with Gasteiger partial charge in [-0.25, -0.2) is 0 Å². The van der Waals surface area contributed by atoms with Gasteiger partial charge in [-0.3, -0.25) is 4.79 Å². The van der Waals surface area contributed by atoms with Crippen molar-refractivity contribution in [1.82, 2.24) is 4.90 Å². The number of ether oxygens (including phenoxy) is 1. The molecule has 22 heavy (non-hydrogen) atoms. The first kappa shape index (κ1) is 16.7. The number of carbonyl (C=O) groups excluding carboxylic acids is 1. The summed E-state index contributed by atoms with van der Waals surface area (Å²) in [6.45, 7) is 3.00. The predicted molar refractivity (Wildman–Crippen MR) is 76.9 cm³/mol. The van der Waals surface area contributed by atoms with Crippen LogP contribution < -0.4 is 10.5 Å². The topological polar surface area (TPSA) is 55.6 Å². The van der Waals surface area contributed by atoms with Crippen molar-refractivity contribution >= 4 is 23.2 Å². The molecule has 1 amide bonds. The number of fused-ring (bicyclic) bond motifs is 1. The molecule has 2 N–H and O–H groups in total. The molecule has 0 radical (unpaired) electrons. The lowest BCUT2D eigenvalue weighted by Gasteiger charge is -2.44. The third kappa shape index (κ3) is 2.47. The zero-order valence-electron chi connectivity index (χ0n) is 12.3. The van der Waals surface area contributed by atoms with Crippen LogP contribution in [0, 0.1) is 0 Å². The van der Waals surface area contributed by atoms with E-state index in [1.165, 1.54) is 7.11 Å². The molecule has 4 nitrogen and oxygen atoms in total. The molecule has 0 fully saturated rings. The molecule has 2 rings (SSSR count). The first-order valence-corrected chi connectivity index (χ1v) is 6.93. The lowest BCUT2D eigenvalue weighted by Crippen LogP contribution is -2.54. The number of methoxy groups -OCH3 is 1. The minimum Gasteiger partial charge on any atom is -0.495 e. The molecule has 0 aliphatic carbocycles. The van der Waals surface area contributed by atoms with Crippen LogP contribution in [-0.2, 0) is 16.8 Å². The molecule has 1 heterocycles. The molecule has 0 spiro atoms. The first-order valence-electron chi connectivity index (χ1n) is 6.56. The molecule has 8 heteroatoms. The second-order valence-corrected chi connectivity index (χ2v) is 5.97. The fourth-order valence-corrected chi connectivity index (χ4v) is 3.09. The number of anilines is 1. The molecule has 0 bridgehead atoms. The average Bonchev–Trinajstić information content (AvgIpc) is 2.41. The van der Waals surface area contributed by atoms with Crippen molar-refractivity contribution < 1.29 is 22.7 Å². The summed E-state index contributed by atoms with van der Waals surface area (Å²) in [4.78, 5) is 12.5. The van der Waals surface area contributed by atoms with Crippen molar-refractivity contribution in [1.29, 1.82) is 0 Å². The number of nitrogens with two attached hydrogens (primary N) is 1. The van der Waals surface area contributed by atoms with Crippen molar-refractivity contribution in [2.45, 2.75) is 32.0 Å². The average molecular weight is 337 g/mol. The summed E-state index contributed by atoms with van der Waals surface area (Å²) in [7, 11) is 1.39. The highest BCUT2D eigenvalue weighted by Crippen LogP contribution is 2.45. The maximum atomic E-state index is 12.8. The van der Waals surface area contributed by atoms with Crippen LogP contribution in [0.15, 0.2) is 6.07 Å². The van der Waals surface area contributed by atoms with Crippen molar-refractivity contribution in [3.05, 3.63) is 22.2 Å². The number of rotatable bonds is 1. The van der Waals surface area contributed by atoms with Crippen LogP contribution in [-0.4, -0.2) is 30.6 Å². The fraction of sp³-hybridized carbons (Fsp3) is 0.500. The van der Waals surface area contributed by atoms with Crippen LogP contribution in [0.2, 0.25) is 5.02 Å². The van der Waals surface area contributed by atoms with Gasteiger partial charge >= 0.3 is 12.1 Å². The number of benzene rings is 1. The van der Waals surface area contributed by atoms with Gasteiger partial charge in [0.05, 0.1) is 23.4 Å². The Balaban J connectivity index is 2.59. The highest BCUT2D eigenvalue weighted by molar-refractivity contribution is 6.34. The monoisotopic (exact) mass is 336 g/mol. The Morgan fingerprint density at radius 3 is 2.55 bits per heavy atom. The van der Waals surface area contributed by atoms with Gasteiger partial charge in [0.25, 0.3) is 0 Å². The van der Waals surface area contributed by atoms with Crippen LogP contribution in [0.5, 0.6) is 5.75 Å². The van der Waals surface area contributed by atoms with Crippen molar-refractivity contribution in [2.75, 3.05) is 19.4 Å². The number of halogens is 4. The Morgan fingerprint density at radius 1 is 1.45 bits per heavy atom. The molecule has 1 aliphatic heterocycles. The van der Waals surface area contributed by atoms with Gasteiger partial charge in [-0.2, -0.15) is 13.2 Å². The minimum atomic E-state index is -4.92. The van der Waals surface area contributed by atoms with Gasteiger partial charge in [0.15, 0.2) is 0 Å². The normalized spacial score (nSPS) is 17.1. The van der Waals surface area contributed by atoms with Gasteiger partial charge in [0.2, 0.25) is 0 Å². The third-order valence-electron chi connectivity index (χ3n) is 3.99. The summed E-state index contributed by atoms with van der Waals surface area (Å²) in [6.07, 6.45) is -4.72. The summed E-state index contributed by atoms with van der Waals surface area (Å²) in [6, 6.07) is 1.55. The summed E-state index contributed by atoms with van der Waals surface area (Å²) in [5.74, 6) is -1.59.